The Hall–Kier alpha value is -2.00. The van der Waals surface area contributed by atoms with Crippen molar-refractivity contribution in [2.45, 2.75) is 86.1 Å². The molecule has 8 rings (SSSR count). The highest BCUT2D eigenvalue weighted by Gasteiger charge is 2.73. The van der Waals surface area contributed by atoms with Gasteiger partial charge in [0.05, 0.1) is 18.2 Å². The SMILES string of the molecule is O=C1C=C2[C@H]3[C@H](ON4[C@@H]3CC[C@@H]4[C@]34C[C@H](O)C=CC3=CC(=O)O4)[C@@H]3C[C@@]2(O1)[C@H]1CCCN31. The van der Waals surface area contributed by atoms with Crippen LogP contribution in [0.25, 0.3) is 0 Å². The first-order valence-electron chi connectivity index (χ1n) is 12.0. The van der Waals surface area contributed by atoms with Gasteiger partial charge in [0.25, 0.3) is 0 Å². The number of aliphatic hydroxyl groups is 1. The Morgan fingerprint density at radius 1 is 0.969 bits per heavy atom. The van der Waals surface area contributed by atoms with Gasteiger partial charge in [-0.1, -0.05) is 12.2 Å². The molecule has 1 spiro atoms. The van der Waals surface area contributed by atoms with Crippen molar-refractivity contribution in [3.05, 3.63) is 35.5 Å². The van der Waals surface area contributed by atoms with Crippen LogP contribution in [0.5, 0.6) is 0 Å². The first-order chi connectivity index (χ1) is 15.5. The maximum Gasteiger partial charge on any atom is 0.332 e. The lowest BCUT2D eigenvalue weighted by atomic mass is 9.68. The number of hydrogen-bond donors (Lipinski definition) is 1. The van der Waals surface area contributed by atoms with Gasteiger partial charge in [-0.05, 0) is 37.8 Å². The number of fused-ring (bicyclic) bond motifs is 6. The zero-order valence-electron chi connectivity index (χ0n) is 17.7. The van der Waals surface area contributed by atoms with Crippen LogP contribution in [0, 0.1) is 5.92 Å². The van der Waals surface area contributed by atoms with Crippen LogP contribution in [0.4, 0.5) is 0 Å². The second-order valence-electron chi connectivity index (χ2n) is 10.7. The van der Waals surface area contributed by atoms with Crippen LogP contribution in [0.15, 0.2) is 35.5 Å². The molecule has 168 valence electrons. The minimum absolute atomic E-state index is 0.0234. The average molecular weight is 438 g/mol. The lowest BCUT2D eigenvalue weighted by molar-refractivity contribution is -0.221. The van der Waals surface area contributed by atoms with Gasteiger partial charge in [0, 0.05) is 48.6 Å². The summed E-state index contributed by atoms with van der Waals surface area (Å²) in [6.07, 6.45) is 11.2. The number of rotatable bonds is 1. The first kappa shape index (κ1) is 18.4. The van der Waals surface area contributed by atoms with Gasteiger partial charge in [0.15, 0.2) is 11.2 Å². The highest BCUT2D eigenvalue weighted by Crippen LogP contribution is 2.62. The van der Waals surface area contributed by atoms with Crippen LogP contribution in [-0.2, 0) is 23.9 Å². The molecule has 32 heavy (non-hydrogen) atoms. The standard InChI is InChI=1S/C24H26N2O6/c27-13-4-3-12-8-19(28)30-23(12,10-13)18-6-5-15-21-14-9-20(29)31-24(14)11-16(22(21)32-26(15)18)25-7-1-2-17(24)25/h3-4,8-9,13,15-18,21-22,27H,1-2,5-7,10-11H2/t13-,15-,16+,17-,18-,21-,22-,23+,24+/m1/s1. The Labute approximate surface area is 185 Å². The molecule has 5 fully saturated rings. The molecule has 1 N–H and O–H groups in total. The van der Waals surface area contributed by atoms with Crippen LogP contribution in [0.3, 0.4) is 0 Å². The van der Waals surface area contributed by atoms with Gasteiger partial charge in [0.1, 0.15) is 6.10 Å². The molecule has 7 aliphatic heterocycles. The number of aliphatic hydroxyl groups excluding tert-OH is 1. The van der Waals surface area contributed by atoms with Gasteiger partial charge in [0.2, 0.25) is 0 Å². The third-order valence-corrected chi connectivity index (χ3v) is 9.53. The molecule has 0 aromatic rings. The van der Waals surface area contributed by atoms with E-state index in [0.717, 1.165) is 49.8 Å². The molecule has 8 aliphatic rings. The highest BCUT2D eigenvalue weighted by atomic mass is 16.7. The molecule has 7 heterocycles. The third kappa shape index (κ3) is 1.96. The lowest BCUT2D eigenvalue weighted by Gasteiger charge is -2.42. The second-order valence-corrected chi connectivity index (χ2v) is 10.7. The van der Waals surface area contributed by atoms with E-state index >= 15 is 0 Å². The number of carbonyl (C=O) groups is 2. The summed E-state index contributed by atoms with van der Waals surface area (Å²) in [5.41, 5.74) is 0.597. The first-order valence-corrected chi connectivity index (χ1v) is 12.0. The van der Waals surface area contributed by atoms with Gasteiger partial charge in [-0.3, -0.25) is 9.74 Å². The summed E-state index contributed by atoms with van der Waals surface area (Å²) in [6, 6.07) is 0.466. The molecule has 0 aromatic carbocycles. The van der Waals surface area contributed by atoms with Gasteiger partial charge < -0.3 is 14.6 Å². The quantitative estimate of drug-likeness (QED) is 0.601. The maximum absolute atomic E-state index is 12.5. The second kappa shape index (κ2) is 5.73. The minimum Gasteiger partial charge on any atom is -0.450 e. The van der Waals surface area contributed by atoms with E-state index in [4.69, 9.17) is 14.3 Å². The van der Waals surface area contributed by atoms with E-state index in [-0.39, 0.29) is 48.1 Å². The van der Waals surface area contributed by atoms with Crippen molar-refractivity contribution in [3.8, 4) is 0 Å². The summed E-state index contributed by atoms with van der Waals surface area (Å²) < 4.78 is 12.0. The molecule has 8 nitrogen and oxygen atoms in total. The molecule has 0 aromatic heterocycles. The summed E-state index contributed by atoms with van der Waals surface area (Å²) in [6.45, 7) is 1.02. The lowest BCUT2D eigenvalue weighted by Crippen LogP contribution is -2.54. The van der Waals surface area contributed by atoms with Crippen LogP contribution < -0.4 is 0 Å². The van der Waals surface area contributed by atoms with E-state index < -0.39 is 17.3 Å². The smallest absolute Gasteiger partial charge is 0.332 e. The van der Waals surface area contributed by atoms with Crippen LogP contribution in [0.1, 0.15) is 38.5 Å². The van der Waals surface area contributed by atoms with Crippen molar-refractivity contribution >= 4 is 11.9 Å². The average Bonchev–Trinajstić information content (AvgIpc) is 3.53. The van der Waals surface area contributed by atoms with Crippen LogP contribution in [-0.4, -0.2) is 81.1 Å². The number of hydrogen-bond acceptors (Lipinski definition) is 8. The summed E-state index contributed by atoms with van der Waals surface area (Å²) >= 11 is 0. The van der Waals surface area contributed by atoms with Gasteiger partial charge in [-0.25, -0.2) is 9.59 Å². The molecular weight excluding hydrogens is 412 g/mol. The Bertz CT molecular complexity index is 1050. The number of carbonyl (C=O) groups excluding carboxylic acids is 2. The fraction of sp³-hybridized carbons (Fsp3) is 0.667. The van der Waals surface area contributed by atoms with Gasteiger partial charge in [-0.15, -0.1) is 0 Å². The van der Waals surface area contributed by atoms with E-state index in [1.54, 1.807) is 18.2 Å². The summed E-state index contributed by atoms with van der Waals surface area (Å²) in [5.74, 6) is -0.453. The Morgan fingerprint density at radius 3 is 2.72 bits per heavy atom. The molecule has 0 radical (unpaired) electrons. The van der Waals surface area contributed by atoms with Gasteiger partial charge >= 0.3 is 11.9 Å². The zero-order chi connectivity index (χ0) is 21.4. The van der Waals surface area contributed by atoms with Crippen molar-refractivity contribution in [3.63, 3.8) is 0 Å². The molecular formula is C24H26N2O6. The van der Waals surface area contributed by atoms with Crippen molar-refractivity contribution in [1.29, 1.82) is 0 Å². The fourth-order valence-corrected chi connectivity index (χ4v) is 8.59. The van der Waals surface area contributed by atoms with Crippen molar-refractivity contribution in [2.75, 3.05) is 6.54 Å². The summed E-state index contributed by atoms with van der Waals surface area (Å²) in [4.78, 5) is 34.1. The molecule has 1 aliphatic carbocycles. The predicted molar refractivity (Wildman–Crippen MR) is 109 cm³/mol. The zero-order valence-corrected chi connectivity index (χ0v) is 17.7. The van der Waals surface area contributed by atoms with Crippen LogP contribution in [0.2, 0.25) is 0 Å². The Kier molecular flexibility index (Phi) is 3.30. The summed E-state index contributed by atoms with van der Waals surface area (Å²) in [5, 5.41) is 12.5. The summed E-state index contributed by atoms with van der Waals surface area (Å²) in [7, 11) is 0. The number of nitrogens with zero attached hydrogens (tertiary/aromatic N) is 2. The number of ether oxygens (including phenoxy) is 2. The normalized spacial score (nSPS) is 52.7. The molecule has 0 unspecified atom stereocenters. The highest BCUT2D eigenvalue weighted by molar-refractivity contribution is 5.88. The molecule has 5 saturated heterocycles. The van der Waals surface area contributed by atoms with E-state index in [1.165, 1.54) is 0 Å². The molecule has 0 amide bonds. The van der Waals surface area contributed by atoms with Crippen molar-refractivity contribution < 1.29 is 29.0 Å². The Balaban J connectivity index is 1.20. The number of esters is 2. The topological polar surface area (TPSA) is 88.5 Å². The maximum atomic E-state index is 12.5. The van der Waals surface area contributed by atoms with Crippen molar-refractivity contribution in [1.82, 2.24) is 9.96 Å². The fourth-order valence-electron chi connectivity index (χ4n) is 8.59. The molecule has 0 saturated carbocycles. The van der Waals surface area contributed by atoms with Gasteiger partial charge in [-0.2, -0.15) is 5.06 Å². The van der Waals surface area contributed by atoms with E-state index in [2.05, 4.69) is 9.96 Å². The van der Waals surface area contributed by atoms with E-state index in [1.807, 2.05) is 6.08 Å². The number of hydroxylamine groups is 2. The van der Waals surface area contributed by atoms with E-state index in [9.17, 15) is 14.7 Å². The molecule has 8 heteroatoms. The Morgan fingerprint density at radius 2 is 1.81 bits per heavy atom. The third-order valence-electron chi connectivity index (χ3n) is 9.53. The predicted octanol–water partition coefficient (Wildman–Crippen LogP) is 0.764. The van der Waals surface area contributed by atoms with E-state index in [0.29, 0.717) is 6.42 Å². The van der Waals surface area contributed by atoms with Crippen LogP contribution >= 0.6 is 0 Å². The monoisotopic (exact) mass is 438 g/mol. The van der Waals surface area contributed by atoms with Crippen molar-refractivity contribution in [2.24, 2.45) is 5.92 Å². The molecule has 2 bridgehead atoms. The minimum atomic E-state index is -0.878. The largest absolute Gasteiger partial charge is 0.450 e. The molecule has 9 atom stereocenters.